The second kappa shape index (κ2) is 12.9. The monoisotopic (exact) mass is 279 g/mol. The number of alkyl carbamates (subject to hydrolysis) is 2. The van der Waals surface area contributed by atoms with Crippen LogP contribution in [0.25, 0.3) is 0 Å². The molecule has 0 spiro atoms. The van der Waals surface area contributed by atoms with Gasteiger partial charge in [0.2, 0.25) is 0 Å². The molecule has 112 valence electrons. The van der Waals surface area contributed by atoms with E-state index in [9.17, 15) is 9.59 Å². The van der Waals surface area contributed by atoms with Crippen LogP contribution in [0, 0.1) is 0 Å². The molecule has 0 radical (unpaired) electrons. The molecular formula is C10H21N3O6. The van der Waals surface area contributed by atoms with Gasteiger partial charge in [0.15, 0.2) is 0 Å². The van der Waals surface area contributed by atoms with Crippen molar-refractivity contribution in [3.63, 3.8) is 0 Å². The number of nitrogens with one attached hydrogen (secondary N) is 3. The van der Waals surface area contributed by atoms with Crippen LogP contribution in [0.15, 0.2) is 0 Å². The van der Waals surface area contributed by atoms with E-state index >= 15 is 0 Å². The number of hydrogen-bond acceptors (Lipinski definition) is 7. The molecule has 0 bridgehead atoms. The maximum Gasteiger partial charge on any atom is 0.407 e. The molecule has 9 heteroatoms. The smallest absolute Gasteiger partial charge is 0.407 e. The molecule has 0 aromatic rings. The quantitative estimate of drug-likeness (QED) is 0.293. The molecule has 0 saturated carbocycles. The molecule has 0 aliphatic carbocycles. The van der Waals surface area contributed by atoms with E-state index in [1.807, 2.05) is 0 Å². The zero-order valence-corrected chi connectivity index (χ0v) is 10.7. The van der Waals surface area contributed by atoms with Crippen LogP contribution in [0.3, 0.4) is 0 Å². The first-order valence-corrected chi connectivity index (χ1v) is 5.94. The Morgan fingerprint density at radius 3 is 1.58 bits per heavy atom. The Labute approximate surface area is 111 Å². The third-order valence-corrected chi connectivity index (χ3v) is 1.79. The summed E-state index contributed by atoms with van der Waals surface area (Å²) in [5.41, 5.74) is 0. The first kappa shape index (κ1) is 17.4. The van der Waals surface area contributed by atoms with E-state index in [0.717, 1.165) is 0 Å². The lowest BCUT2D eigenvalue weighted by molar-refractivity contribution is 0.119. The number of carbonyl (C=O) groups is 2. The second-order valence-electron chi connectivity index (χ2n) is 3.32. The van der Waals surface area contributed by atoms with E-state index in [2.05, 4.69) is 25.4 Å². The Kier molecular flexibility index (Phi) is 11.8. The van der Waals surface area contributed by atoms with Gasteiger partial charge in [-0.15, -0.1) is 0 Å². The van der Waals surface area contributed by atoms with Crippen molar-refractivity contribution in [1.29, 1.82) is 0 Å². The topological polar surface area (TPSA) is 129 Å². The Morgan fingerprint density at radius 1 is 0.789 bits per heavy atom. The number of ether oxygens (including phenoxy) is 2. The summed E-state index contributed by atoms with van der Waals surface area (Å²) in [6, 6.07) is 0. The second-order valence-corrected chi connectivity index (χ2v) is 3.32. The molecule has 0 atom stereocenters. The van der Waals surface area contributed by atoms with Crippen molar-refractivity contribution in [1.82, 2.24) is 16.0 Å². The van der Waals surface area contributed by atoms with E-state index in [0.29, 0.717) is 26.2 Å². The van der Waals surface area contributed by atoms with Gasteiger partial charge in [-0.05, 0) is 0 Å². The summed E-state index contributed by atoms with van der Waals surface area (Å²) in [6.45, 7) is 1.31. The Bertz CT molecular complexity index is 227. The van der Waals surface area contributed by atoms with Gasteiger partial charge >= 0.3 is 12.2 Å². The standard InChI is InChI=1S/C10H21N3O6/c14-5-7-18-9(16)12-3-1-11-2-4-13-10(17)19-8-6-15/h11,14-15H,1-8H2,(H,12,16)(H,13,17). The molecule has 0 unspecified atom stereocenters. The Hall–Kier alpha value is -1.58. The third kappa shape index (κ3) is 12.7. The van der Waals surface area contributed by atoms with Crippen molar-refractivity contribution in [2.75, 3.05) is 52.6 Å². The van der Waals surface area contributed by atoms with Crippen LogP contribution in [0.4, 0.5) is 9.59 Å². The molecule has 0 aliphatic rings. The molecule has 5 N–H and O–H groups in total. The van der Waals surface area contributed by atoms with Crippen molar-refractivity contribution in [2.24, 2.45) is 0 Å². The third-order valence-electron chi connectivity index (χ3n) is 1.79. The van der Waals surface area contributed by atoms with Crippen molar-refractivity contribution in [3.05, 3.63) is 0 Å². The van der Waals surface area contributed by atoms with Crippen LogP contribution in [0.1, 0.15) is 0 Å². The largest absolute Gasteiger partial charge is 0.447 e. The van der Waals surface area contributed by atoms with Gasteiger partial charge in [0.1, 0.15) is 13.2 Å². The lowest BCUT2D eigenvalue weighted by atomic mass is 10.5. The average Bonchev–Trinajstić information content (AvgIpc) is 2.41. The molecule has 19 heavy (non-hydrogen) atoms. The lowest BCUT2D eigenvalue weighted by Crippen LogP contribution is -2.37. The van der Waals surface area contributed by atoms with E-state index < -0.39 is 12.2 Å². The molecule has 9 nitrogen and oxygen atoms in total. The SMILES string of the molecule is O=C(NCCNCCNC(=O)OCCO)OCCO. The first-order valence-electron chi connectivity index (χ1n) is 5.94. The van der Waals surface area contributed by atoms with Gasteiger partial charge in [-0.25, -0.2) is 9.59 Å². The zero-order valence-electron chi connectivity index (χ0n) is 10.7. The highest BCUT2D eigenvalue weighted by Crippen LogP contribution is 1.76. The van der Waals surface area contributed by atoms with Crippen LogP contribution < -0.4 is 16.0 Å². The van der Waals surface area contributed by atoms with Crippen LogP contribution in [0.5, 0.6) is 0 Å². The maximum absolute atomic E-state index is 10.9. The van der Waals surface area contributed by atoms with Crippen LogP contribution in [0.2, 0.25) is 0 Å². The summed E-state index contributed by atoms with van der Waals surface area (Å²) >= 11 is 0. The molecule has 0 aliphatic heterocycles. The fourth-order valence-electron chi connectivity index (χ4n) is 1.01. The van der Waals surface area contributed by atoms with Crippen molar-refractivity contribution >= 4 is 12.2 Å². The van der Waals surface area contributed by atoms with E-state index in [4.69, 9.17) is 10.2 Å². The average molecular weight is 279 g/mol. The molecule has 2 amide bonds. The minimum Gasteiger partial charge on any atom is -0.447 e. The van der Waals surface area contributed by atoms with Crippen LogP contribution in [-0.4, -0.2) is 75.0 Å². The van der Waals surface area contributed by atoms with Gasteiger partial charge < -0.3 is 35.6 Å². The van der Waals surface area contributed by atoms with Gasteiger partial charge in [0, 0.05) is 26.2 Å². The first-order chi connectivity index (χ1) is 9.20. The molecule has 0 heterocycles. The summed E-state index contributed by atoms with van der Waals surface area (Å²) in [6.07, 6.45) is -1.16. The van der Waals surface area contributed by atoms with Gasteiger partial charge in [0.05, 0.1) is 13.2 Å². The number of carbonyl (C=O) groups excluding carboxylic acids is 2. The van der Waals surface area contributed by atoms with E-state index in [-0.39, 0.29) is 26.4 Å². The number of amides is 2. The van der Waals surface area contributed by atoms with Gasteiger partial charge in [-0.3, -0.25) is 0 Å². The number of hydrogen-bond donors (Lipinski definition) is 5. The van der Waals surface area contributed by atoms with Crippen molar-refractivity contribution in [2.45, 2.75) is 0 Å². The minimum atomic E-state index is -0.582. The highest BCUT2D eigenvalue weighted by molar-refractivity contribution is 5.67. The summed E-state index contributed by atoms with van der Waals surface area (Å²) in [4.78, 5) is 21.8. The van der Waals surface area contributed by atoms with Gasteiger partial charge in [-0.2, -0.15) is 0 Å². The fraction of sp³-hybridized carbons (Fsp3) is 0.800. The Morgan fingerprint density at radius 2 is 1.21 bits per heavy atom. The molecular weight excluding hydrogens is 258 g/mol. The molecule has 0 fully saturated rings. The molecule has 0 rings (SSSR count). The summed E-state index contributed by atoms with van der Waals surface area (Å²) < 4.78 is 9.13. The van der Waals surface area contributed by atoms with Gasteiger partial charge in [0.25, 0.3) is 0 Å². The molecule has 0 aromatic carbocycles. The van der Waals surface area contributed by atoms with Crippen molar-refractivity contribution in [3.8, 4) is 0 Å². The van der Waals surface area contributed by atoms with Crippen molar-refractivity contribution < 1.29 is 29.3 Å². The maximum atomic E-state index is 10.9. The number of rotatable bonds is 10. The molecule has 0 saturated heterocycles. The fourth-order valence-corrected chi connectivity index (χ4v) is 1.01. The van der Waals surface area contributed by atoms with Crippen LogP contribution in [-0.2, 0) is 9.47 Å². The highest BCUT2D eigenvalue weighted by Gasteiger charge is 2.00. The lowest BCUT2D eigenvalue weighted by Gasteiger charge is -2.08. The normalized spacial score (nSPS) is 9.79. The zero-order chi connectivity index (χ0) is 14.3. The summed E-state index contributed by atoms with van der Waals surface area (Å²) in [5.74, 6) is 0. The number of aliphatic hydroxyl groups excluding tert-OH is 2. The summed E-state index contributed by atoms with van der Waals surface area (Å²) in [5, 5.41) is 24.7. The van der Waals surface area contributed by atoms with E-state index in [1.165, 1.54) is 0 Å². The Balaban J connectivity index is 3.22. The minimum absolute atomic E-state index is 0.0286. The predicted octanol–water partition coefficient (Wildman–Crippen LogP) is -1.99. The molecule has 0 aromatic heterocycles. The predicted molar refractivity (Wildman–Crippen MR) is 65.7 cm³/mol. The highest BCUT2D eigenvalue weighted by atomic mass is 16.6. The van der Waals surface area contributed by atoms with E-state index in [1.54, 1.807) is 0 Å². The van der Waals surface area contributed by atoms with Gasteiger partial charge in [-0.1, -0.05) is 0 Å². The van der Waals surface area contributed by atoms with Crippen LogP contribution >= 0.6 is 0 Å². The summed E-state index contributed by atoms with van der Waals surface area (Å²) in [7, 11) is 0. The number of aliphatic hydroxyl groups is 2.